The smallest absolute Gasteiger partial charge is 0.357 e. The largest absolute Gasteiger partial charge is 0.406 e. The van der Waals surface area contributed by atoms with E-state index in [0.29, 0.717) is 22.6 Å². The van der Waals surface area contributed by atoms with Crippen molar-refractivity contribution in [1.82, 2.24) is 15.5 Å². The fourth-order valence-electron chi connectivity index (χ4n) is 1.90. The van der Waals surface area contributed by atoms with Gasteiger partial charge >= 0.3 is 6.18 Å². The number of carbonyl (C=O) groups excluding carboxylic acids is 1. The summed E-state index contributed by atoms with van der Waals surface area (Å²) in [6.45, 7) is 2.47. The van der Waals surface area contributed by atoms with Crippen LogP contribution in [0.5, 0.6) is 0 Å². The molecule has 1 rings (SSSR count). The predicted molar refractivity (Wildman–Crippen MR) is 87.6 cm³/mol. The first kappa shape index (κ1) is 20.7. The van der Waals surface area contributed by atoms with E-state index in [1.807, 2.05) is 0 Å². The molecule has 1 aromatic carbocycles. The van der Waals surface area contributed by atoms with Gasteiger partial charge in [0.05, 0.1) is 13.1 Å². The lowest BCUT2D eigenvalue weighted by Gasteiger charge is -2.20. The molecule has 1 aromatic rings. The molecule has 0 bridgehead atoms. The normalized spacial score (nSPS) is 12.0. The van der Waals surface area contributed by atoms with Gasteiger partial charge in [-0.1, -0.05) is 12.1 Å². The van der Waals surface area contributed by atoms with Crippen LogP contribution < -0.4 is 10.6 Å². The second-order valence-electron chi connectivity index (χ2n) is 5.50. The van der Waals surface area contributed by atoms with Crippen molar-refractivity contribution in [1.29, 1.82) is 0 Å². The van der Waals surface area contributed by atoms with Gasteiger partial charge in [-0.3, -0.25) is 4.79 Å². The highest BCUT2D eigenvalue weighted by atomic mass is 19.4. The number of aryl methyl sites for hydroxylation is 1. The van der Waals surface area contributed by atoms with Crippen molar-refractivity contribution >= 4 is 11.9 Å². The van der Waals surface area contributed by atoms with Crippen molar-refractivity contribution < 1.29 is 22.4 Å². The van der Waals surface area contributed by atoms with Gasteiger partial charge in [0, 0.05) is 13.6 Å². The van der Waals surface area contributed by atoms with Crippen LogP contribution in [0.4, 0.5) is 17.6 Å². The molecule has 9 heteroatoms. The Morgan fingerprint density at radius 3 is 2.52 bits per heavy atom. The fraction of sp³-hybridized carbons (Fsp3) is 0.500. The molecule has 1 amide bonds. The number of hydrogen-bond acceptors (Lipinski definition) is 2. The summed E-state index contributed by atoms with van der Waals surface area (Å²) in [5.74, 6) is -0.795. The summed E-state index contributed by atoms with van der Waals surface area (Å²) in [5, 5.41) is 5.54. The van der Waals surface area contributed by atoms with Crippen LogP contribution in [0, 0.1) is 12.7 Å². The van der Waals surface area contributed by atoms with Crippen LogP contribution in [-0.2, 0) is 11.3 Å². The Morgan fingerprint density at radius 1 is 1.28 bits per heavy atom. The molecule has 0 fully saturated rings. The number of nitrogens with one attached hydrogen (secondary N) is 2. The van der Waals surface area contributed by atoms with Crippen LogP contribution in [0.1, 0.15) is 18.1 Å². The minimum absolute atomic E-state index is 0.166. The molecule has 0 radical (unpaired) electrons. The Hall–Kier alpha value is -2.32. The number of amides is 1. The third-order valence-corrected chi connectivity index (χ3v) is 3.25. The van der Waals surface area contributed by atoms with E-state index in [9.17, 15) is 22.4 Å². The summed E-state index contributed by atoms with van der Waals surface area (Å²) < 4.78 is 50.3. The second kappa shape index (κ2) is 9.24. The van der Waals surface area contributed by atoms with Crippen LogP contribution in [0.25, 0.3) is 0 Å². The van der Waals surface area contributed by atoms with Crippen molar-refractivity contribution in [3.8, 4) is 0 Å². The molecule has 2 N–H and O–H groups in total. The molecule has 0 saturated heterocycles. The lowest BCUT2D eigenvalue weighted by atomic mass is 10.1. The standard InChI is InChI=1S/C16H22F4N4O/c1-4-21-15(22-8-12-6-5-11(2)13(17)7-12)23-9-14(25)24(3)10-16(18,19)20/h5-7H,4,8-10H2,1-3H3,(H2,21,22,23). The van der Waals surface area contributed by atoms with Crippen molar-refractivity contribution in [2.45, 2.75) is 26.6 Å². The van der Waals surface area contributed by atoms with E-state index in [0.717, 1.165) is 7.05 Å². The van der Waals surface area contributed by atoms with E-state index in [1.165, 1.54) is 6.07 Å². The average Bonchev–Trinajstić information content (AvgIpc) is 2.51. The van der Waals surface area contributed by atoms with E-state index < -0.39 is 18.6 Å². The van der Waals surface area contributed by atoms with Gasteiger partial charge in [-0.2, -0.15) is 13.2 Å². The van der Waals surface area contributed by atoms with E-state index >= 15 is 0 Å². The number of benzene rings is 1. The molecule has 0 saturated carbocycles. The van der Waals surface area contributed by atoms with Gasteiger partial charge in [0.15, 0.2) is 5.96 Å². The molecule has 5 nitrogen and oxygen atoms in total. The van der Waals surface area contributed by atoms with Crippen LogP contribution in [0.2, 0.25) is 0 Å². The maximum atomic E-state index is 13.5. The molecule has 0 atom stereocenters. The van der Waals surface area contributed by atoms with Crippen LogP contribution in [0.15, 0.2) is 23.2 Å². The summed E-state index contributed by atoms with van der Waals surface area (Å²) in [4.78, 5) is 16.5. The number of alkyl halides is 3. The van der Waals surface area contributed by atoms with Gasteiger partial charge in [-0.05, 0) is 31.0 Å². The minimum Gasteiger partial charge on any atom is -0.357 e. The van der Waals surface area contributed by atoms with E-state index in [2.05, 4.69) is 15.6 Å². The molecule has 0 heterocycles. The van der Waals surface area contributed by atoms with Gasteiger partial charge in [0.1, 0.15) is 12.4 Å². The number of guanidine groups is 1. The first-order valence-corrected chi connectivity index (χ1v) is 7.70. The van der Waals surface area contributed by atoms with E-state index in [4.69, 9.17) is 0 Å². The van der Waals surface area contributed by atoms with Gasteiger partial charge in [-0.15, -0.1) is 0 Å². The third-order valence-electron chi connectivity index (χ3n) is 3.25. The van der Waals surface area contributed by atoms with Crippen molar-refractivity contribution in [2.24, 2.45) is 4.99 Å². The Bertz CT molecular complexity index is 617. The van der Waals surface area contributed by atoms with Gasteiger partial charge in [0.2, 0.25) is 5.91 Å². The summed E-state index contributed by atoms with van der Waals surface area (Å²) in [7, 11) is 1.08. The van der Waals surface area contributed by atoms with E-state index in [-0.39, 0.29) is 24.9 Å². The molecule has 0 aliphatic rings. The number of halogens is 4. The number of aliphatic imine (C=N–C) groups is 1. The highest BCUT2D eigenvalue weighted by molar-refractivity contribution is 5.86. The quantitative estimate of drug-likeness (QED) is 0.464. The first-order chi connectivity index (χ1) is 11.6. The van der Waals surface area contributed by atoms with Crippen molar-refractivity contribution in [3.05, 3.63) is 35.1 Å². The predicted octanol–water partition coefficient (Wildman–Crippen LogP) is 2.21. The van der Waals surface area contributed by atoms with Crippen LogP contribution in [0.3, 0.4) is 0 Å². The number of rotatable bonds is 6. The lowest BCUT2D eigenvalue weighted by Crippen LogP contribution is -2.45. The minimum atomic E-state index is -4.45. The number of carbonyl (C=O) groups is 1. The Kier molecular flexibility index (Phi) is 7.66. The fourth-order valence-corrected chi connectivity index (χ4v) is 1.90. The summed E-state index contributed by atoms with van der Waals surface area (Å²) >= 11 is 0. The molecule has 0 unspecified atom stereocenters. The molecule has 140 valence electrons. The monoisotopic (exact) mass is 362 g/mol. The average molecular weight is 362 g/mol. The Labute approximate surface area is 144 Å². The van der Waals surface area contributed by atoms with Crippen molar-refractivity contribution in [2.75, 3.05) is 26.7 Å². The van der Waals surface area contributed by atoms with Gasteiger partial charge < -0.3 is 15.5 Å². The summed E-state index contributed by atoms with van der Waals surface area (Å²) in [5.41, 5.74) is 1.16. The SMILES string of the molecule is CCNC(=NCc1ccc(C)c(F)c1)NCC(=O)N(C)CC(F)(F)F. The second-order valence-corrected chi connectivity index (χ2v) is 5.50. The summed E-state index contributed by atoms with van der Waals surface area (Å²) in [6.07, 6.45) is -4.45. The Balaban J connectivity index is 2.63. The third kappa shape index (κ3) is 7.86. The molecule has 0 aliphatic heterocycles. The highest BCUT2D eigenvalue weighted by Gasteiger charge is 2.31. The first-order valence-electron chi connectivity index (χ1n) is 7.70. The van der Waals surface area contributed by atoms with Gasteiger partial charge in [-0.25, -0.2) is 9.38 Å². The molecule has 0 aliphatic carbocycles. The zero-order valence-corrected chi connectivity index (χ0v) is 14.4. The number of hydrogen-bond donors (Lipinski definition) is 2. The highest BCUT2D eigenvalue weighted by Crippen LogP contribution is 2.15. The topological polar surface area (TPSA) is 56.7 Å². The molecule has 25 heavy (non-hydrogen) atoms. The zero-order valence-electron chi connectivity index (χ0n) is 14.4. The summed E-state index contributed by atoms with van der Waals surface area (Å²) in [6, 6.07) is 4.73. The van der Waals surface area contributed by atoms with Crippen LogP contribution in [-0.4, -0.2) is 49.6 Å². The molecular formula is C16H22F4N4O. The molecular weight excluding hydrogens is 340 g/mol. The molecule has 0 aromatic heterocycles. The lowest BCUT2D eigenvalue weighted by molar-refractivity contribution is -0.157. The zero-order chi connectivity index (χ0) is 19.0. The number of likely N-dealkylation sites (N-methyl/N-ethyl adjacent to an activating group) is 1. The van der Waals surface area contributed by atoms with Crippen molar-refractivity contribution in [3.63, 3.8) is 0 Å². The van der Waals surface area contributed by atoms with Crippen LogP contribution >= 0.6 is 0 Å². The van der Waals surface area contributed by atoms with Gasteiger partial charge in [0.25, 0.3) is 0 Å². The Morgan fingerprint density at radius 2 is 1.96 bits per heavy atom. The maximum absolute atomic E-state index is 13.5. The number of nitrogens with zero attached hydrogens (tertiary/aromatic N) is 2. The van der Waals surface area contributed by atoms with E-state index in [1.54, 1.807) is 26.0 Å². The molecule has 0 spiro atoms. The maximum Gasteiger partial charge on any atom is 0.406 e.